The molecule has 354 valence electrons. The number of para-hydroxylation sites is 2. The number of allylic oxidation sites excluding steroid dienone is 8. The first kappa shape index (κ1) is 43.0. The molecule has 2 aliphatic rings. The number of hydrogen-bond donors (Lipinski definition) is 0. The van der Waals surface area contributed by atoms with Crippen LogP contribution in [0.2, 0.25) is 0 Å². The van der Waals surface area contributed by atoms with Gasteiger partial charge in [-0.1, -0.05) is 194 Å². The van der Waals surface area contributed by atoms with Gasteiger partial charge < -0.3 is 13.4 Å². The van der Waals surface area contributed by atoms with Crippen molar-refractivity contribution in [2.75, 3.05) is 0 Å². The fourth-order valence-corrected chi connectivity index (χ4v) is 11.7. The number of benzene rings is 9. The van der Waals surface area contributed by atoms with Crippen molar-refractivity contribution in [1.82, 2.24) is 19.5 Å². The molecular formula is C69H46N4O2. The van der Waals surface area contributed by atoms with Gasteiger partial charge in [-0.15, -0.1) is 0 Å². The lowest BCUT2D eigenvalue weighted by Crippen LogP contribution is -2.16. The van der Waals surface area contributed by atoms with Crippen LogP contribution in [0.4, 0.5) is 0 Å². The Kier molecular flexibility index (Phi) is 10.0. The average Bonchev–Trinajstić information content (AvgIpc) is 4.25. The number of rotatable bonds is 8. The molecule has 6 heteroatoms. The zero-order valence-corrected chi connectivity index (χ0v) is 40.8. The van der Waals surface area contributed by atoms with Crippen LogP contribution in [0.15, 0.2) is 245 Å². The van der Waals surface area contributed by atoms with Gasteiger partial charge in [-0.3, -0.25) is 0 Å². The second kappa shape index (κ2) is 17.5. The van der Waals surface area contributed by atoms with E-state index in [-0.39, 0.29) is 5.92 Å². The second-order valence-corrected chi connectivity index (χ2v) is 19.7. The van der Waals surface area contributed by atoms with E-state index in [1.54, 1.807) is 0 Å². The summed E-state index contributed by atoms with van der Waals surface area (Å²) in [7, 11) is 0. The van der Waals surface area contributed by atoms with Gasteiger partial charge in [0.1, 0.15) is 11.2 Å². The summed E-state index contributed by atoms with van der Waals surface area (Å²) in [4.78, 5) is 15.9. The van der Waals surface area contributed by atoms with E-state index in [9.17, 15) is 0 Å². The number of furan rings is 2. The minimum atomic E-state index is -0.159. The van der Waals surface area contributed by atoms with Gasteiger partial charge in [0.15, 0.2) is 28.6 Å². The van der Waals surface area contributed by atoms with Crippen LogP contribution in [0.5, 0.6) is 0 Å². The van der Waals surface area contributed by atoms with Crippen LogP contribution in [-0.2, 0) is 0 Å². The number of hydrogen-bond acceptors (Lipinski definition) is 5. The summed E-state index contributed by atoms with van der Waals surface area (Å²) in [6.45, 7) is 0. The first-order valence-corrected chi connectivity index (χ1v) is 25.8. The van der Waals surface area contributed by atoms with Gasteiger partial charge in [0, 0.05) is 55.3 Å². The third-order valence-electron chi connectivity index (χ3n) is 15.3. The van der Waals surface area contributed by atoms with E-state index >= 15 is 0 Å². The van der Waals surface area contributed by atoms with Gasteiger partial charge in [-0.2, -0.15) is 0 Å². The Labute approximate surface area is 432 Å². The van der Waals surface area contributed by atoms with Crippen LogP contribution >= 0.6 is 0 Å². The normalized spacial score (nSPS) is 15.0. The van der Waals surface area contributed by atoms with E-state index < -0.39 is 0 Å². The topological polar surface area (TPSA) is 69.9 Å². The molecule has 1 atom stereocenters. The lowest BCUT2D eigenvalue weighted by Gasteiger charge is -2.31. The van der Waals surface area contributed by atoms with Crippen LogP contribution in [0.3, 0.4) is 0 Å². The minimum Gasteiger partial charge on any atom is -0.452 e. The summed E-state index contributed by atoms with van der Waals surface area (Å²) < 4.78 is 16.3. The van der Waals surface area contributed by atoms with E-state index in [0.29, 0.717) is 23.9 Å². The Morgan fingerprint density at radius 3 is 1.69 bits per heavy atom. The lowest BCUT2D eigenvalue weighted by atomic mass is 9.79. The van der Waals surface area contributed by atoms with Crippen LogP contribution in [-0.4, -0.2) is 19.5 Å². The van der Waals surface area contributed by atoms with Crippen molar-refractivity contribution in [3.05, 3.63) is 259 Å². The molecule has 6 nitrogen and oxygen atoms in total. The van der Waals surface area contributed by atoms with Crippen LogP contribution in [0.1, 0.15) is 48.0 Å². The van der Waals surface area contributed by atoms with E-state index in [2.05, 4.69) is 211 Å². The van der Waals surface area contributed by atoms with Crippen molar-refractivity contribution in [3.8, 4) is 33.6 Å². The van der Waals surface area contributed by atoms with Crippen molar-refractivity contribution in [2.45, 2.75) is 25.2 Å². The van der Waals surface area contributed by atoms with Crippen molar-refractivity contribution in [3.63, 3.8) is 0 Å². The van der Waals surface area contributed by atoms with E-state index in [1.165, 1.54) is 22.3 Å². The number of nitrogens with zero attached hydrogens (tertiary/aromatic N) is 4. The van der Waals surface area contributed by atoms with Gasteiger partial charge >= 0.3 is 0 Å². The van der Waals surface area contributed by atoms with Crippen LogP contribution < -0.4 is 0 Å². The number of fused-ring (bicyclic) bond motifs is 11. The first-order valence-electron chi connectivity index (χ1n) is 25.8. The Hall–Kier alpha value is -9.65. The van der Waals surface area contributed by atoms with Crippen molar-refractivity contribution in [2.24, 2.45) is 0 Å². The smallest absolute Gasteiger partial charge is 0.178 e. The summed E-state index contributed by atoms with van der Waals surface area (Å²) in [6, 6.07) is 75.7. The molecule has 13 aromatic rings. The molecule has 0 radical (unpaired) electrons. The highest BCUT2D eigenvalue weighted by atomic mass is 16.4. The largest absolute Gasteiger partial charge is 0.452 e. The van der Waals surface area contributed by atoms with E-state index in [1.807, 2.05) is 30.3 Å². The van der Waals surface area contributed by atoms with Gasteiger partial charge in [0.2, 0.25) is 0 Å². The van der Waals surface area contributed by atoms with Gasteiger partial charge in [-0.05, 0) is 101 Å². The fourth-order valence-electron chi connectivity index (χ4n) is 11.7. The molecule has 75 heavy (non-hydrogen) atoms. The number of aromatic nitrogens is 4. The second-order valence-electron chi connectivity index (χ2n) is 19.7. The zero-order valence-electron chi connectivity index (χ0n) is 40.8. The van der Waals surface area contributed by atoms with Crippen LogP contribution in [0, 0.1) is 0 Å². The van der Waals surface area contributed by atoms with Crippen molar-refractivity contribution < 1.29 is 8.83 Å². The molecular weight excluding hydrogens is 917 g/mol. The van der Waals surface area contributed by atoms with Gasteiger partial charge in [-0.25, -0.2) is 15.0 Å². The molecule has 0 unspecified atom stereocenters. The maximum atomic E-state index is 7.17. The molecule has 0 bridgehead atoms. The SMILES string of the molecule is C1=CC(c2nc(C3=CC(c4ccc(-c5ccccc5)cc4)=C(n4c5ccccc5c5c6oc7c(ccc8c9ccccc9oc87)c6ccc54)[C@@H](c4ccc(-c5ccccc5)cc4)C3)nc(-c3ccccc3)n2)=CCC1. The molecule has 0 fully saturated rings. The Morgan fingerprint density at radius 2 is 0.973 bits per heavy atom. The highest BCUT2D eigenvalue weighted by Gasteiger charge is 2.33. The lowest BCUT2D eigenvalue weighted by molar-refractivity contribution is 0.635. The van der Waals surface area contributed by atoms with Gasteiger partial charge in [0.25, 0.3) is 0 Å². The summed E-state index contributed by atoms with van der Waals surface area (Å²) >= 11 is 0. The Balaban J connectivity index is 1.02. The molecule has 0 amide bonds. The molecule has 9 aromatic carbocycles. The molecule has 0 N–H and O–H groups in total. The molecule has 0 saturated carbocycles. The summed E-state index contributed by atoms with van der Waals surface area (Å²) in [5.41, 5.74) is 17.6. The third kappa shape index (κ3) is 7.20. The molecule has 0 spiro atoms. The Bertz CT molecular complexity index is 4520. The van der Waals surface area contributed by atoms with E-state index in [0.717, 1.165) is 118 Å². The monoisotopic (exact) mass is 962 g/mol. The van der Waals surface area contributed by atoms with Crippen molar-refractivity contribution >= 4 is 88.1 Å². The summed E-state index contributed by atoms with van der Waals surface area (Å²) in [5, 5.41) is 6.37. The predicted octanol–water partition coefficient (Wildman–Crippen LogP) is 18.2. The minimum absolute atomic E-state index is 0.159. The van der Waals surface area contributed by atoms with E-state index in [4.69, 9.17) is 23.8 Å². The standard InChI is InChI=1S/C69H46N4O2/c1-5-17-43(18-6-1)45-29-33-47(34-30-45)57-41-51(69-71-67(49-21-9-3-10-22-49)70-68(72-69)50-23-11-4-12-24-50)42-58(48-35-31-46(32-36-48)44-19-7-2-8-20-44)63(57)73-59-27-15-13-26-56(59)62-60(73)40-39-54-55-38-37-53-52-25-14-16-28-61(52)74-65(53)66(55)75-64(54)62/h1-3,5-11,13-41,58H,4,12,42H2/t58-/m1/s1. The van der Waals surface area contributed by atoms with Gasteiger partial charge in [0.05, 0.1) is 16.4 Å². The molecule has 4 heterocycles. The molecule has 15 rings (SSSR count). The third-order valence-corrected chi connectivity index (χ3v) is 15.3. The summed E-state index contributed by atoms with van der Waals surface area (Å²) in [5.74, 6) is 1.85. The molecule has 0 aliphatic heterocycles. The molecule has 2 aliphatic carbocycles. The molecule has 0 saturated heterocycles. The van der Waals surface area contributed by atoms with Crippen LogP contribution in [0.25, 0.3) is 122 Å². The molecule has 4 aromatic heterocycles. The highest BCUT2D eigenvalue weighted by molar-refractivity contribution is 6.27. The Morgan fingerprint density at radius 1 is 0.413 bits per heavy atom. The van der Waals surface area contributed by atoms with Crippen molar-refractivity contribution in [1.29, 1.82) is 0 Å². The zero-order chi connectivity index (χ0) is 49.4. The highest BCUT2D eigenvalue weighted by Crippen LogP contribution is 2.51. The maximum Gasteiger partial charge on any atom is 0.178 e. The predicted molar refractivity (Wildman–Crippen MR) is 308 cm³/mol. The fraction of sp³-hybridized carbons (Fsp3) is 0.0580. The summed E-state index contributed by atoms with van der Waals surface area (Å²) in [6.07, 6.45) is 11.5. The first-order chi connectivity index (χ1) is 37.2. The maximum absolute atomic E-state index is 7.17. The average molecular weight is 963 g/mol. The quantitative estimate of drug-likeness (QED) is 0.152.